The summed E-state index contributed by atoms with van der Waals surface area (Å²) in [5.41, 5.74) is 1.65. The van der Waals surface area contributed by atoms with Crippen molar-refractivity contribution in [2.45, 2.75) is 51.6 Å². The van der Waals surface area contributed by atoms with E-state index >= 15 is 0 Å². The Hall–Kier alpha value is -3.03. The lowest BCUT2D eigenvalue weighted by Gasteiger charge is -2.12. The summed E-state index contributed by atoms with van der Waals surface area (Å²) in [6.45, 7) is 2.10. The molecule has 0 spiro atoms. The van der Waals surface area contributed by atoms with Crippen molar-refractivity contribution in [3.63, 3.8) is 0 Å². The first kappa shape index (κ1) is 18.3. The van der Waals surface area contributed by atoms with Gasteiger partial charge in [-0.3, -0.25) is 4.79 Å². The molecule has 28 heavy (non-hydrogen) atoms. The summed E-state index contributed by atoms with van der Waals surface area (Å²) in [4.78, 5) is 20.9. The maximum Gasteiger partial charge on any atom is 0.273 e. The molecule has 4 rings (SSSR count). The van der Waals surface area contributed by atoms with E-state index in [1.165, 1.54) is 19.2 Å². The minimum absolute atomic E-state index is 0.203. The summed E-state index contributed by atoms with van der Waals surface area (Å²) in [5, 5.41) is 14.2. The molecule has 0 atom stereocenters. The summed E-state index contributed by atoms with van der Waals surface area (Å²) >= 11 is 0. The Morgan fingerprint density at radius 2 is 2.21 bits per heavy atom. The standard InChI is InChI=1S/C20H24N4O4/c1-3-16-17(22-11-28-16)18(25)21-9-12-8-14-15(23-19(12)27-2)10-24(20(14)26)13-6-4-5-7-13/h8,10-11,13,26H,3-7,9H2,1-2H3,(H,21,25). The Bertz CT molecular complexity index is 1000. The van der Waals surface area contributed by atoms with Crippen molar-refractivity contribution in [2.24, 2.45) is 0 Å². The highest BCUT2D eigenvalue weighted by Crippen LogP contribution is 2.38. The number of amides is 1. The maximum atomic E-state index is 12.4. The third-order valence-electron chi connectivity index (χ3n) is 5.37. The molecule has 1 fully saturated rings. The van der Waals surface area contributed by atoms with E-state index < -0.39 is 0 Å². The summed E-state index contributed by atoms with van der Waals surface area (Å²) in [5.74, 6) is 0.867. The van der Waals surface area contributed by atoms with Crippen molar-refractivity contribution < 1.29 is 19.1 Å². The lowest BCUT2D eigenvalue weighted by Crippen LogP contribution is -2.24. The Kier molecular flexibility index (Phi) is 4.93. The van der Waals surface area contributed by atoms with Gasteiger partial charge in [-0.2, -0.15) is 0 Å². The van der Waals surface area contributed by atoms with Crippen LogP contribution in [0.1, 0.15) is 60.5 Å². The van der Waals surface area contributed by atoms with Gasteiger partial charge in [0.1, 0.15) is 5.76 Å². The summed E-state index contributed by atoms with van der Waals surface area (Å²) in [6.07, 6.45) is 8.21. The number of carbonyl (C=O) groups is 1. The van der Waals surface area contributed by atoms with Gasteiger partial charge in [-0.05, 0) is 18.9 Å². The molecule has 2 N–H and O–H groups in total. The van der Waals surface area contributed by atoms with E-state index in [9.17, 15) is 9.90 Å². The highest BCUT2D eigenvalue weighted by atomic mass is 16.5. The molecule has 0 saturated heterocycles. The van der Waals surface area contributed by atoms with Gasteiger partial charge in [-0.15, -0.1) is 0 Å². The van der Waals surface area contributed by atoms with Gasteiger partial charge in [0.05, 0.1) is 18.0 Å². The number of methoxy groups -OCH3 is 1. The predicted molar refractivity (Wildman–Crippen MR) is 103 cm³/mol. The van der Waals surface area contributed by atoms with Crippen molar-refractivity contribution in [1.82, 2.24) is 19.9 Å². The van der Waals surface area contributed by atoms with Crippen LogP contribution in [0.2, 0.25) is 0 Å². The van der Waals surface area contributed by atoms with Crippen LogP contribution in [-0.2, 0) is 13.0 Å². The molecule has 0 unspecified atom stereocenters. The number of nitrogens with one attached hydrogen (secondary N) is 1. The molecule has 3 heterocycles. The monoisotopic (exact) mass is 384 g/mol. The third-order valence-corrected chi connectivity index (χ3v) is 5.37. The molecule has 0 aromatic carbocycles. The van der Waals surface area contributed by atoms with Crippen LogP contribution >= 0.6 is 0 Å². The van der Waals surface area contributed by atoms with E-state index in [0.717, 1.165) is 12.8 Å². The van der Waals surface area contributed by atoms with Gasteiger partial charge in [0.15, 0.2) is 12.1 Å². The molecular formula is C20H24N4O4. The number of aryl methyl sites for hydroxylation is 1. The smallest absolute Gasteiger partial charge is 0.273 e. The minimum atomic E-state index is -0.319. The highest BCUT2D eigenvalue weighted by molar-refractivity contribution is 5.93. The summed E-state index contributed by atoms with van der Waals surface area (Å²) in [6, 6.07) is 2.13. The van der Waals surface area contributed by atoms with Crippen LogP contribution in [0.25, 0.3) is 10.9 Å². The fourth-order valence-corrected chi connectivity index (χ4v) is 3.89. The second kappa shape index (κ2) is 7.53. The molecule has 3 aromatic heterocycles. The Morgan fingerprint density at radius 1 is 1.43 bits per heavy atom. The van der Waals surface area contributed by atoms with Crippen molar-refractivity contribution in [3.05, 3.63) is 35.7 Å². The number of nitrogens with zero attached hydrogens (tertiary/aromatic N) is 3. The zero-order valence-corrected chi connectivity index (χ0v) is 16.1. The van der Waals surface area contributed by atoms with E-state index in [-0.39, 0.29) is 24.0 Å². The number of aromatic nitrogens is 3. The first-order valence-electron chi connectivity index (χ1n) is 9.60. The van der Waals surface area contributed by atoms with Crippen LogP contribution in [0.4, 0.5) is 0 Å². The quantitative estimate of drug-likeness (QED) is 0.676. The molecule has 1 amide bonds. The van der Waals surface area contributed by atoms with E-state index in [0.29, 0.717) is 40.6 Å². The van der Waals surface area contributed by atoms with Crippen LogP contribution in [-0.4, -0.2) is 32.7 Å². The van der Waals surface area contributed by atoms with Crippen molar-refractivity contribution in [2.75, 3.05) is 7.11 Å². The lowest BCUT2D eigenvalue weighted by molar-refractivity contribution is 0.0944. The number of oxazole rings is 1. The molecule has 1 aliphatic rings. The lowest BCUT2D eigenvalue weighted by atomic mass is 10.2. The van der Waals surface area contributed by atoms with Gasteiger partial charge >= 0.3 is 0 Å². The first-order chi connectivity index (χ1) is 13.6. The second-order valence-corrected chi connectivity index (χ2v) is 7.05. The largest absolute Gasteiger partial charge is 0.494 e. The number of rotatable bonds is 6. The van der Waals surface area contributed by atoms with Gasteiger partial charge in [-0.25, -0.2) is 9.97 Å². The molecule has 8 heteroatoms. The van der Waals surface area contributed by atoms with E-state index in [2.05, 4.69) is 15.3 Å². The van der Waals surface area contributed by atoms with Crippen molar-refractivity contribution in [3.8, 4) is 11.8 Å². The van der Waals surface area contributed by atoms with Crippen LogP contribution in [0.3, 0.4) is 0 Å². The Morgan fingerprint density at radius 3 is 2.93 bits per heavy atom. The number of ether oxygens (including phenoxy) is 1. The number of aromatic hydroxyl groups is 1. The van der Waals surface area contributed by atoms with Gasteiger partial charge in [0.2, 0.25) is 11.8 Å². The zero-order chi connectivity index (χ0) is 19.7. The number of pyridine rings is 1. The maximum absolute atomic E-state index is 12.4. The van der Waals surface area contributed by atoms with Crippen molar-refractivity contribution in [1.29, 1.82) is 0 Å². The summed E-state index contributed by atoms with van der Waals surface area (Å²) in [7, 11) is 1.54. The molecule has 0 radical (unpaired) electrons. The molecular weight excluding hydrogens is 360 g/mol. The Balaban J connectivity index is 1.61. The average Bonchev–Trinajstić information content (AvgIpc) is 3.45. The molecule has 1 aliphatic carbocycles. The topological polar surface area (TPSA) is 102 Å². The SMILES string of the molecule is CCc1ocnc1C(=O)NCc1cc2c(O)n(C3CCCC3)cc2nc1OC. The first-order valence-corrected chi connectivity index (χ1v) is 9.60. The second-order valence-electron chi connectivity index (χ2n) is 7.05. The van der Waals surface area contributed by atoms with Crippen LogP contribution in [0, 0.1) is 0 Å². The van der Waals surface area contributed by atoms with Crippen LogP contribution in [0.15, 0.2) is 23.1 Å². The van der Waals surface area contributed by atoms with Gasteiger partial charge in [0, 0.05) is 30.8 Å². The molecule has 1 saturated carbocycles. The zero-order valence-electron chi connectivity index (χ0n) is 16.1. The van der Waals surface area contributed by atoms with E-state index in [1.54, 1.807) is 7.11 Å². The number of carbonyl (C=O) groups excluding carboxylic acids is 1. The van der Waals surface area contributed by atoms with Crippen molar-refractivity contribution >= 4 is 16.8 Å². The third kappa shape index (κ3) is 3.19. The number of hydrogen-bond acceptors (Lipinski definition) is 6. The average molecular weight is 384 g/mol. The molecule has 148 valence electrons. The van der Waals surface area contributed by atoms with Gasteiger partial charge in [0.25, 0.3) is 5.91 Å². The fraction of sp³-hybridized carbons (Fsp3) is 0.450. The van der Waals surface area contributed by atoms with E-state index in [1.807, 2.05) is 23.8 Å². The number of fused-ring (bicyclic) bond motifs is 1. The van der Waals surface area contributed by atoms with E-state index in [4.69, 9.17) is 9.15 Å². The van der Waals surface area contributed by atoms with Gasteiger partial charge in [-0.1, -0.05) is 19.8 Å². The molecule has 8 nitrogen and oxygen atoms in total. The minimum Gasteiger partial charge on any atom is -0.494 e. The highest BCUT2D eigenvalue weighted by Gasteiger charge is 2.23. The molecule has 0 bridgehead atoms. The van der Waals surface area contributed by atoms with Crippen LogP contribution < -0.4 is 10.1 Å². The fourth-order valence-electron chi connectivity index (χ4n) is 3.89. The predicted octanol–water partition coefficient (Wildman–Crippen LogP) is 3.35. The molecule has 3 aromatic rings. The van der Waals surface area contributed by atoms with Crippen LogP contribution in [0.5, 0.6) is 11.8 Å². The Labute approximate surface area is 162 Å². The van der Waals surface area contributed by atoms with Gasteiger partial charge < -0.3 is 24.1 Å². The normalized spacial score (nSPS) is 14.6. The number of hydrogen-bond donors (Lipinski definition) is 2. The summed E-state index contributed by atoms with van der Waals surface area (Å²) < 4.78 is 12.5. The molecule has 0 aliphatic heterocycles.